The van der Waals surface area contributed by atoms with Gasteiger partial charge in [-0.1, -0.05) is 23.8 Å². The smallest absolute Gasteiger partial charge is 0.303 e. The SMILES string of the molecule is C=CCC1=C[C@@H](C/C(=C\CCCC(=O)O)CCl)CC1=O. The van der Waals surface area contributed by atoms with Crippen LogP contribution in [0.2, 0.25) is 0 Å². The zero-order chi connectivity index (χ0) is 15.0. The molecule has 0 aromatic carbocycles. The topological polar surface area (TPSA) is 54.4 Å². The first-order chi connectivity index (χ1) is 9.56. The number of rotatable bonds is 9. The van der Waals surface area contributed by atoms with Gasteiger partial charge in [0.2, 0.25) is 0 Å². The van der Waals surface area contributed by atoms with Crippen molar-refractivity contribution in [3.63, 3.8) is 0 Å². The molecule has 20 heavy (non-hydrogen) atoms. The Balaban J connectivity index is 2.48. The molecule has 1 atom stereocenters. The van der Waals surface area contributed by atoms with Crippen LogP contribution in [0.25, 0.3) is 0 Å². The summed E-state index contributed by atoms with van der Waals surface area (Å²) in [5.74, 6) is 0.0865. The number of aliphatic carboxylic acids is 1. The van der Waals surface area contributed by atoms with Crippen LogP contribution < -0.4 is 0 Å². The maximum Gasteiger partial charge on any atom is 0.303 e. The van der Waals surface area contributed by atoms with Gasteiger partial charge in [0.15, 0.2) is 5.78 Å². The Morgan fingerprint density at radius 1 is 1.55 bits per heavy atom. The summed E-state index contributed by atoms with van der Waals surface area (Å²) in [4.78, 5) is 22.2. The Morgan fingerprint density at radius 3 is 2.90 bits per heavy atom. The molecule has 1 rings (SSSR count). The van der Waals surface area contributed by atoms with Gasteiger partial charge in [0.25, 0.3) is 0 Å². The van der Waals surface area contributed by atoms with E-state index in [1.54, 1.807) is 6.08 Å². The minimum absolute atomic E-state index is 0.178. The molecule has 0 heterocycles. The van der Waals surface area contributed by atoms with Crippen LogP contribution in [0, 0.1) is 5.92 Å². The largest absolute Gasteiger partial charge is 0.481 e. The van der Waals surface area contributed by atoms with Crippen LogP contribution in [0.4, 0.5) is 0 Å². The highest BCUT2D eigenvalue weighted by molar-refractivity contribution is 6.19. The van der Waals surface area contributed by atoms with E-state index in [4.69, 9.17) is 16.7 Å². The molecule has 0 amide bonds. The van der Waals surface area contributed by atoms with Gasteiger partial charge < -0.3 is 5.11 Å². The first-order valence-corrected chi connectivity index (χ1v) is 7.40. The van der Waals surface area contributed by atoms with Crippen LogP contribution in [0.3, 0.4) is 0 Å². The average molecular weight is 297 g/mol. The summed E-state index contributed by atoms with van der Waals surface area (Å²) in [5, 5.41) is 8.57. The Labute approximate surface area is 125 Å². The molecule has 1 aliphatic rings. The zero-order valence-electron chi connectivity index (χ0n) is 11.6. The highest BCUT2D eigenvalue weighted by atomic mass is 35.5. The van der Waals surface area contributed by atoms with Gasteiger partial charge in [0.05, 0.1) is 0 Å². The number of carbonyl (C=O) groups excluding carboxylic acids is 1. The summed E-state index contributed by atoms with van der Waals surface area (Å²) >= 11 is 5.91. The minimum Gasteiger partial charge on any atom is -0.481 e. The number of carboxylic acids is 1. The Kier molecular flexibility index (Phi) is 7.31. The maximum absolute atomic E-state index is 11.7. The van der Waals surface area contributed by atoms with Crippen LogP contribution >= 0.6 is 11.6 Å². The molecule has 0 unspecified atom stereocenters. The highest BCUT2D eigenvalue weighted by Crippen LogP contribution is 2.29. The number of unbranched alkanes of at least 4 members (excludes halogenated alkanes) is 1. The molecule has 0 saturated heterocycles. The van der Waals surface area contributed by atoms with E-state index in [0.29, 0.717) is 25.1 Å². The molecule has 0 aliphatic heterocycles. The summed E-state index contributed by atoms with van der Waals surface area (Å²) in [7, 11) is 0. The lowest BCUT2D eigenvalue weighted by Gasteiger charge is -2.08. The quantitative estimate of drug-likeness (QED) is 0.399. The first-order valence-electron chi connectivity index (χ1n) is 6.87. The van der Waals surface area contributed by atoms with Crippen LogP contribution in [-0.4, -0.2) is 22.7 Å². The number of alkyl halides is 1. The lowest BCUT2D eigenvalue weighted by Crippen LogP contribution is -2.01. The minimum atomic E-state index is -0.774. The number of ketones is 1. The molecule has 0 radical (unpaired) electrons. The fourth-order valence-electron chi connectivity index (χ4n) is 2.36. The Morgan fingerprint density at radius 2 is 2.30 bits per heavy atom. The van der Waals surface area contributed by atoms with Gasteiger partial charge in [-0.2, -0.15) is 0 Å². The van der Waals surface area contributed by atoms with Crippen LogP contribution in [0.5, 0.6) is 0 Å². The van der Waals surface area contributed by atoms with E-state index in [1.165, 1.54) is 0 Å². The molecule has 0 aromatic rings. The third-order valence-electron chi connectivity index (χ3n) is 3.33. The van der Waals surface area contributed by atoms with Gasteiger partial charge in [-0.3, -0.25) is 9.59 Å². The molecule has 0 aromatic heterocycles. The van der Waals surface area contributed by atoms with Gasteiger partial charge in [0, 0.05) is 18.7 Å². The average Bonchev–Trinajstić information content (AvgIpc) is 2.74. The van der Waals surface area contributed by atoms with Gasteiger partial charge in [-0.25, -0.2) is 0 Å². The summed E-state index contributed by atoms with van der Waals surface area (Å²) in [5.41, 5.74) is 1.94. The van der Waals surface area contributed by atoms with Crippen LogP contribution in [0.1, 0.15) is 38.5 Å². The van der Waals surface area contributed by atoms with Crippen molar-refractivity contribution in [1.82, 2.24) is 0 Å². The van der Waals surface area contributed by atoms with Gasteiger partial charge in [0.1, 0.15) is 0 Å². The molecule has 0 fully saturated rings. The molecular weight excluding hydrogens is 276 g/mol. The predicted octanol–water partition coefficient (Wildman–Crippen LogP) is 3.89. The standard InChI is InChI=1S/C16H21ClO3/c1-2-5-14-9-13(10-15(14)18)8-12(11-17)6-3-4-7-16(19)20/h2,6,9,13H,1,3-5,7-8,10-11H2,(H,19,20)/b12-6+/t13-/m1/s1. The summed E-state index contributed by atoms with van der Waals surface area (Å²) in [6, 6.07) is 0. The fourth-order valence-corrected chi connectivity index (χ4v) is 2.58. The van der Waals surface area contributed by atoms with Crippen molar-refractivity contribution in [2.75, 3.05) is 5.88 Å². The molecule has 0 spiro atoms. The molecule has 1 N–H and O–H groups in total. The lowest BCUT2D eigenvalue weighted by molar-refractivity contribution is -0.137. The second kappa shape index (κ2) is 8.75. The summed E-state index contributed by atoms with van der Waals surface area (Å²) in [6.45, 7) is 3.65. The number of allylic oxidation sites excluding steroid dienone is 5. The van der Waals surface area contributed by atoms with Crippen molar-refractivity contribution in [3.8, 4) is 0 Å². The van der Waals surface area contributed by atoms with Gasteiger partial charge in [-0.15, -0.1) is 18.2 Å². The number of hydrogen-bond acceptors (Lipinski definition) is 2. The number of halogens is 1. The van der Waals surface area contributed by atoms with Crippen molar-refractivity contribution in [2.45, 2.75) is 38.5 Å². The van der Waals surface area contributed by atoms with Crippen molar-refractivity contribution >= 4 is 23.4 Å². The third-order valence-corrected chi connectivity index (χ3v) is 3.67. The first kappa shape index (κ1) is 16.7. The van der Waals surface area contributed by atoms with Gasteiger partial charge in [-0.05, 0) is 37.2 Å². The molecule has 1 aliphatic carbocycles. The van der Waals surface area contributed by atoms with E-state index < -0.39 is 5.97 Å². The predicted molar refractivity (Wildman–Crippen MR) is 80.9 cm³/mol. The molecule has 0 bridgehead atoms. The van der Waals surface area contributed by atoms with E-state index in [9.17, 15) is 9.59 Å². The van der Waals surface area contributed by atoms with Crippen molar-refractivity contribution < 1.29 is 14.7 Å². The van der Waals surface area contributed by atoms with E-state index >= 15 is 0 Å². The Hall–Kier alpha value is -1.35. The molecule has 3 nitrogen and oxygen atoms in total. The monoisotopic (exact) mass is 296 g/mol. The van der Waals surface area contributed by atoms with Crippen LogP contribution in [-0.2, 0) is 9.59 Å². The summed E-state index contributed by atoms with van der Waals surface area (Å²) < 4.78 is 0. The highest BCUT2D eigenvalue weighted by Gasteiger charge is 2.23. The van der Waals surface area contributed by atoms with Gasteiger partial charge >= 0.3 is 5.97 Å². The number of carboxylic acid groups (broad SMARTS) is 1. The summed E-state index contributed by atoms with van der Waals surface area (Å²) in [6.07, 6.45) is 9.27. The Bertz CT molecular complexity index is 435. The second-order valence-corrected chi connectivity index (χ2v) is 5.33. The number of Topliss-reactive ketones (excluding diaryl/α,β-unsaturated/α-hetero) is 1. The fraction of sp³-hybridized carbons (Fsp3) is 0.500. The van der Waals surface area contributed by atoms with E-state index in [2.05, 4.69) is 6.58 Å². The molecule has 0 saturated carbocycles. The molecular formula is C16H21ClO3. The van der Waals surface area contributed by atoms with Crippen molar-refractivity contribution in [1.29, 1.82) is 0 Å². The lowest BCUT2D eigenvalue weighted by atomic mass is 9.98. The van der Waals surface area contributed by atoms with Crippen molar-refractivity contribution in [2.24, 2.45) is 5.92 Å². The van der Waals surface area contributed by atoms with E-state index in [-0.39, 0.29) is 18.1 Å². The normalized spacial score (nSPS) is 19.1. The third kappa shape index (κ3) is 5.74. The molecule has 4 heteroatoms. The molecule has 110 valence electrons. The number of carbonyl (C=O) groups is 2. The van der Waals surface area contributed by atoms with E-state index in [0.717, 1.165) is 24.0 Å². The van der Waals surface area contributed by atoms with E-state index in [1.807, 2.05) is 12.2 Å². The zero-order valence-corrected chi connectivity index (χ0v) is 12.4. The number of hydrogen-bond donors (Lipinski definition) is 1. The maximum atomic E-state index is 11.7. The van der Waals surface area contributed by atoms with Crippen molar-refractivity contribution in [3.05, 3.63) is 36.0 Å². The second-order valence-electron chi connectivity index (χ2n) is 5.06. The van der Waals surface area contributed by atoms with Crippen LogP contribution in [0.15, 0.2) is 36.0 Å².